The van der Waals surface area contributed by atoms with Gasteiger partial charge in [-0.25, -0.2) is 0 Å². The van der Waals surface area contributed by atoms with Gasteiger partial charge in [-0.3, -0.25) is 4.79 Å². The van der Waals surface area contributed by atoms with E-state index < -0.39 is 0 Å². The van der Waals surface area contributed by atoms with Gasteiger partial charge in [0.15, 0.2) is 5.16 Å². The molecular weight excluding hydrogens is 440 g/mol. The Hall–Kier alpha value is -2.32. The molecule has 0 saturated heterocycles. The summed E-state index contributed by atoms with van der Waals surface area (Å²) in [6, 6.07) is 12.6. The van der Waals surface area contributed by atoms with Crippen molar-refractivity contribution in [1.29, 1.82) is 0 Å². The van der Waals surface area contributed by atoms with Crippen LogP contribution >= 0.6 is 23.1 Å². The molecule has 0 bridgehead atoms. The molecular formula is C24H30N4O2S2. The van der Waals surface area contributed by atoms with Crippen LogP contribution in [0.1, 0.15) is 54.4 Å². The number of thiophene rings is 1. The second kappa shape index (κ2) is 11.5. The predicted octanol–water partition coefficient (Wildman–Crippen LogP) is 4.90. The van der Waals surface area contributed by atoms with Crippen LogP contribution < -0.4 is 10.1 Å². The van der Waals surface area contributed by atoms with E-state index in [0.29, 0.717) is 18.3 Å². The number of nitrogens with zero attached hydrogens (tertiary/aromatic N) is 3. The van der Waals surface area contributed by atoms with Crippen molar-refractivity contribution in [2.75, 3.05) is 19.4 Å². The molecule has 1 saturated carbocycles. The first-order valence-electron chi connectivity index (χ1n) is 11.2. The van der Waals surface area contributed by atoms with Crippen molar-refractivity contribution in [3.63, 3.8) is 0 Å². The summed E-state index contributed by atoms with van der Waals surface area (Å²) in [5.41, 5.74) is 1.10. The number of carbonyl (C=O) groups is 1. The van der Waals surface area contributed by atoms with Crippen LogP contribution in [0, 0.1) is 0 Å². The van der Waals surface area contributed by atoms with Crippen LogP contribution in [0.4, 0.5) is 0 Å². The fourth-order valence-electron chi connectivity index (χ4n) is 4.23. The topological polar surface area (TPSA) is 69.0 Å². The average molecular weight is 471 g/mol. The van der Waals surface area contributed by atoms with E-state index in [4.69, 9.17) is 4.74 Å². The fourth-order valence-corrected chi connectivity index (χ4v) is 5.78. The lowest BCUT2D eigenvalue weighted by atomic mass is 9.95. The maximum Gasteiger partial charge on any atom is 0.230 e. The van der Waals surface area contributed by atoms with Crippen molar-refractivity contribution in [1.82, 2.24) is 20.1 Å². The molecule has 2 heterocycles. The summed E-state index contributed by atoms with van der Waals surface area (Å²) < 4.78 is 7.70. The molecule has 1 aliphatic carbocycles. The van der Waals surface area contributed by atoms with E-state index in [1.807, 2.05) is 24.3 Å². The van der Waals surface area contributed by atoms with E-state index in [2.05, 4.69) is 37.6 Å². The van der Waals surface area contributed by atoms with E-state index in [1.165, 1.54) is 35.9 Å². The number of benzene rings is 1. The fraction of sp³-hybridized carbons (Fsp3) is 0.458. The first kappa shape index (κ1) is 22.9. The second-order valence-electron chi connectivity index (χ2n) is 8.02. The molecule has 6 nitrogen and oxygen atoms in total. The standard InChI is InChI=1S/C24H30N4O2S2/c1-30-21-12-6-5-8-18(21)13-14-25-23(29)17-32-24-27-26-22(16-20-11-7-15-31-20)28(24)19-9-3-2-4-10-19/h5-8,11-12,15,19H,2-4,9-10,13-14,16-17H2,1H3,(H,25,29). The zero-order chi connectivity index (χ0) is 22.2. The van der Waals surface area contributed by atoms with Gasteiger partial charge in [-0.1, -0.05) is 55.3 Å². The molecule has 8 heteroatoms. The van der Waals surface area contributed by atoms with Crippen molar-refractivity contribution in [3.05, 3.63) is 58.0 Å². The molecule has 0 aliphatic heterocycles. The summed E-state index contributed by atoms with van der Waals surface area (Å²) in [4.78, 5) is 13.8. The molecule has 4 rings (SSSR count). The molecule has 1 N–H and O–H groups in total. The minimum Gasteiger partial charge on any atom is -0.496 e. The van der Waals surface area contributed by atoms with Crippen LogP contribution in [-0.2, 0) is 17.6 Å². The number of hydrogen-bond acceptors (Lipinski definition) is 6. The van der Waals surface area contributed by atoms with Gasteiger partial charge in [0, 0.05) is 23.9 Å². The minimum atomic E-state index is 0.0166. The third-order valence-electron chi connectivity index (χ3n) is 5.83. The second-order valence-corrected chi connectivity index (χ2v) is 9.99. The van der Waals surface area contributed by atoms with Crippen molar-refractivity contribution in [2.45, 2.75) is 56.1 Å². The van der Waals surface area contributed by atoms with E-state index in [-0.39, 0.29) is 5.91 Å². The lowest BCUT2D eigenvalue weighted by molar-refractivity contribution is -0.118. The number of carbonyl (C=O) groups excluding carboxylic acids is 1. The van der Waals surface area contributed by atoms with Gasteiger partial charge < -0.3 is 14.6 Å². The molecule has 2 aromatic heterocycles. The summed E-state index contributed by atoms with van der Waals surface area (Å²) in [5.74, 6) is 2.23. The summed E-state index contributed by atoms with van der Waals surface area (Å²) in [6.07, 6.45) is 7.65. The van der Waals surface area contributed by atoms with E-state index in [0.717, 1.165) is 48.0 Å². The summed E-state index contributed by atoms with van der Waals surface area (Å²) in [5, 5.41) is 15.0. The normalized spacial score (nSPS) is 14.4. The van der Waals surface area contributed by atoms with Gasteiger partial charge in [-0.15, -0.1) is 21.5 Å². The molecule has 3 aromatic rings. The Bertz CT molecular complexity index is 997. The number of methoxy groups -OCH3 is 1. The van der Waals surface area contributed by atoms with Crippen molar-refractivity contribution < 1.29 is 9.53 Å². The van der Waals surface area contributed by atoms with Crippen molar-refractivity contribution >= 4 is 29.0 Å². The van der Waals surface area contributed by atoms with Gasteiger partial charge in [0.05, 0.1) is 12.9 Å². The average Bonchev–Trinajstić information content (AvgIpc) is 3.49. The van der Waals surface area contributed by atoms with Gasteiger partial charge in [-0.2, -0.15) is 0 Å². The number of thioether (sulfide) groups is 1. The number of para-hydroxylation sites is 1. The first-order valence-corrected chi connectivity index (χ1v) is 13.1. The lowest BCUT2D eigenvalue weighted by Gasteiger charge is -2.25. The van der Waals surface area contributed by atoms with Crippen LogP contribution in [0.5, 0.6) is 5.75 Å². The van der Waals surface area contributed by atoms with Crippen LogP contribution in [-0.4, -0.2) is 40.1 Å². The highest BCUT2D eigenvalue weighted by Crippen LogP contribution is 2.33. The first-order chi connectivity index (χ1) is 15.7. The molecule has 32 heavy (non-hydrogen) atoms. The molecule has 1 aliphatic rings. The van der Waals surface area contributed by atoms with Crippen LogP contribution in [0.2, 0.25) is 0 Å². The Balaban J connectivity index is 1.35. The monoisotopic (exact) mass is 470 g/mol. The van der Waals surface area contributed by atoms with E-state index >= 15 is 0 Å². The van der Waals surface area contributed by atoms with Gasteiger partial charge in [-0.05, 0) is 42.3 Å². The highest BCUT2D eigenvalue weighted by atomic mass is 32.2. The molecule has 0 spiro atoms. The number of nitrogens with one attached hydrogen (secondary N) is 1. The summed E-state index contributed by atoms with van der Waals surface area (Å²) >= 11 is 3.24. The Morgan fingerprint density at radius 1 is 1.19 bits per heavy atom. The quantitative estimate of drug-likeness (QED) is 0.427. The lowest BCUT2D eigenvalue weighted by Crippen LogP contribution is -2.27. The molecule has 1 aromatic carbocycles. The Morgan fingerprint density at radius 3 is 2.81 bits per heavy atom. The zero-order valence-corrected chi connectivity index (χ0v) is 20.1. The summed E-state index contributed by atoms with van der Waals surface area (Å²) in [7, 11) is 1.67. The van der Waals surface area contributed by atoms with Gasteiger partial charge in [0.2, 0.25) is 5.91 Å². The van der Waals surface area contributed by atoms with Crippen LogP contribution in [0.3, 0.4) is 0 Å². The number of rotatable bonds is 10. The molecule has 0 unspecified atom stereocenters. The number of ether oxygens (including phenoxy) is 1. The summed E-state index contributed by atoms with van der Waals surface area (Å²) in [6.45, 7) is 0.582. The highest BCUT2D eigenvalue weighted by molar-refractivity contribution is 7.99. The minimum absolute atomic E-state index is 0.0166. The Morgan fingerprint density at radius 2 is 2.03 bits per heavy atom. The molecule has 1 amide bonds. The van der Waals surface area contributed by atoms with Gasteiger partial charge >= 0.3 is 0 Å². The van der Waals surface area contributed by atoms with E-state index in [1.54, 1.807) is 18.4 Å². The molecule has 0 atom stereocenters. The largest absolute Gasteiger partial charge is 0.496 e. The number of aromatic nitrogens is 3. The highest BCUT2D eigenvalue weighted by Gasteiger charge is 2.23. The Kier molecular flexibility index (Phi) is 8.23. The van der Waals surface area contributed by atoms with Gasteiger partial charge in [0.1, 0.15) is 11.6 Å². The smallest absolute Gasteiger partial charge is 0.230 e. The Labute approximate surface area is 197 Å². The number of hydrogen-bond donors (Lipinski definition) is 1. The molecule has 1 fully saturated rings. The third kappa shape index (κ3) is 5.92. The maximum atomic E-state index is 12.5. The molecule has 0 radical (unpaired) electrons. The van der Waals surface area contributed by atoms with E-state index in [9.17, 15) is 4.79 Å². The van der Waals surface area contributed by atoms with Crippen molar-refractivity contribution in [2.24, 2.45) is 0 Å². The maximum absolute atomic E-state index is 12.5. The van der Waals surface area contributed by atoms with Crippen LogP contribution in [0.25, 0.3) is 0 Å². The molecule has 170 valence electrons. The zero-order valence-electron chi connectivity index (χ0n) is 18.5. The predicted molar refractivity (Wildman–Crippen MR) is 130 cm³/mol. The van der Waals surface area contributed by atoms with Crippen molar-refractivity contribution in [3.8, 4) is 5.75 Å². The number of amides is 1. The van der Waals surface area contributed by atoms with Crippen LogP contribution in [0.15, 0.2) is 46.9 Å². The third-order valence-corrected chi connectivity index (χ3v) is 7.65. The van der Waals surface area contributed by atoms with Gasteiger partial charge in [0.25, 0.3) is 0 Å². The SMILES string of the molecule is COc1ccccc1CCNC(=O)CSc1nnc(Cc2cccs2)n1C1CCCCC1.